The highest BCUT2D eigenvalue weighted by molar-refractivity contribution is 6.74. The molecule has 0 rings (SSSR count). The van der Waals surface area contributed by atoms with Gasteiger partial charge in [-0.05, 0) is 50.8 Å². The highest BCUT2D eigenvalue weighted by Crippen LogP contribution is 2.36. The van der Waals surface area contributed by atoms with E-state index in [4.69, 9.17) is 8.85 Å². The molecule has 0 aromatic rings. The first-order valence-electron chi connectivity index (χ1n) is 6.59. The van der Waals surface area contributed by atoms with Crippen molar-refractivity contribution in [2.75, 3.05) is 0 Å². The zero-order valence-electron chi connectivity index (χ0n) is 13.5. The van der Waals surface area contributed by atoms with Crippen LogP contribution in [0.1, 0.15) is 27.7 Å². The first-order chi connectivity index (χ1) is 7.89. The van der Waals surface area contributed by atoms with Gasteiger partial charge in [0.2, 0.25) is 16.6 Å². The Hall–Kier alpha value is -0.486. The predicted octanol–water partition coefficient (Wildman–Crippen LogP) is 5.28. The summed E-state index contributed by atoms with van der Waals surface area (Å²) in [6.45, 7) is 19.7. The van der Waals surface area contributed by atoms with Gasteiger partial charge in [-0.15, -0.1) is 0 Å². The van der Waals surface area contributed by atoms with Crippen LogP contribution in [0.2, 0.25) is 37.8 Å². The maximum atomic E-state index is 5.99. The van der Waals surface area contributed by atoms with Gasteiger partial charge in [0, 0.05) is 6.08 Å². The average molecular weight is 287 g/mol. The number of hydrogen-bond donors (Lipinski definition) is 0. The Labute approximate surface area is 115 Å². The Morgan fingerprint density at radius 1 is 1.00 bits per heavy atom. The van der Waals surface area contributed by atoms with Crippen LogP contribution in [0.4, 0.5) is 0 Å². The van der Waals surface area contributed by atoms with Gasteiger partial charge >= 0.3 is 0 Å². The van der Waals surface area contributed by atoms with Crippen molar-refractivity contribution in [3.05, 3.63) is 24.2 Å². The third kappa shape index (κ3) is 6.45. The molecule has 0 bridgehead atoms. The molecular formula is C14H30O2Si2. The molecule has 0 N–H and O–H groups in total. The van der Waals surface area contributed by atoms with Crippen LogP contribution in [0.5, 0.6) is 0 Å². The van der Waals surface area contributed by atoms with Gasteiger partial charge in [0.25, 0.3) is 0 Å². The zero-order chi connectivity index (χ0) is 14.6. The Kier molecular flexibility index (Phi) is 5.94. The molecule has 0 heterocycles. The van der Waals surface area contributed by atoms with E-state index in [2.05, 4.69) is 53.5 Å². The van der Waals surface area contributed by atoms with Crippen molar-refractivity contribution in [2.24, 2.45) is 0 Å². The summed E-state index contributed by atoms with van der Waals surface area (Å²) >= 11 is 0. The lowest BCUT2D eigenvalue weighted by atomic mass is 10.2. The van der Waals surface area contributed by atoms with Crippen molar-refractivity contribution in [3.63, 3.8) is 0 Å². The Bertz CT molecular complexity index is 318. The van der Waals surface area contributed by atoms with Crippen LogP contribution in [0.25, 0.3) is 0 Å². The minimum absolute atomic E-state index is 0.229. The molecule has 106 valence electrons. The van der Waals surface area contributed by atoms with Crippen LogP contribution in [-0.4, -0.2) is 16.6 Å². The molecule has 0 amide bonds. The van der Waals surface area contributed by atoms with E-state index in [9.17, 15) is 0 Å². The fourth-order valence-electron chi connectivity index (χ4n) is 0.991. The zero-order valence-corrected chi connectivity index (χ0v) is 15.5. The molecule has 0 aliphatic carbocycles. The quantitative estimate of drug-likeness (QED) is 0.389. The van der Waals surface area contributed by atoms with Crippen LogP contribution in [0.3, 0.4) is 0 Å². The normalized spacial score (nSPS) is 15.1. The van der Waals surface area contributed by atoms with E-state index in [0.717, 1.165) is 5.76 Å². The summed E-state index contributed by atoms with van der Waals surface area (Å²) in [7, 11) is -3.24. The van der Waals surface area contributed by atoms with Gasteiger partial charge in [-0.2, -0.15) is 0 Å². The van der Waals surface area contributed by atoms with E-state index in [1.807, 2.05) is 25.3 Å². The molecule has 0 atom stereocenters. The maximum Gasteiger partial charge on any atom is 0.249 e. The van der Waals surface area contributed by atoms with E-state index in [1.165, 1.54) is 0 Å². The molecule has 0 aliphatic heterocycles. The molecule has 18 heavy (non-hydrogen) atoms. The summed E-state index contributed by atoms with van der Waals surface area (Å²) in [6.07, 6.45) is 5.75. The molecule has 0 aromatic carbocycles. The summed E-state index contributed by atoms with van der Waals surface area (Å²) in [4.78, 5) is 0. The Balaban J connectivity index is 4.58. The van der Waals surface area contributed by atoms with Crippen LogP contribution in [-0.2, 0) is 8.85 Å². The van der Waals surface area contributed by atoms with Gasteiger partial charge in [-0.3, -0.25) is 0 Å². The SMILES string of the molecule is C/C=C(/C=C/O[Si](C)(C)C(C)(C)C)O[Si](C)(C)C. The summed E-state index contributed by atoms with van der Waals surface area (Å²) in [5, 5.41) is 0.229. The van der Waals surface area contributed by atoms with Gasteiger partial charge in [0.1, 0.15) is 5.76 Å². The number of hydrogen-bond acceptors (Lipinski definition) is 2. The van der Waals surface area contributed by atoms with Crippen LogP contribution in [0.15, 0.2) is 24.2 Å². The fourth-order valence-corrected chi connectivity index (χ4v) is 2.65. The molecule has 0 saturated heterocycles. The largest absolute Gasteiger partial charge is 0.549 e. The fraction of sp³-hybridized carbons (Fsp3) is 0.714. The van der Waals surface area contributed by atoms with Gasteiger partial charge < -0.3 is 8.85 Å². The molecule has 0 spiro atoms. The lowest BCUT2D eigenvalue weighted by Crippen LogP contribution is -2.39. The standard InChI is InChI=1S/C14H30O2Si2/c1-10-13(16-17(5,6)7)11-12-15-18(8,9)14(2,3)4/h10-12H,1-9H3/b12-11+,13-10-. The van der Waals surface area contributed by atoms with Crippen molar-refractivity contribution >= 4 is 16.6 Å². The maximum absolute atomic E-state index is 5.99. The van der Waals surface area contributed by atoms with E-state index in [1.54, 1.807) is 0 Å². The summed E-state index contributed by atoms with van der Waals surface area (Å²) in [6, 6.07) is 0. The van der Waals surface area contributed by atoms with Crippen LogP contribution < -0.4 is 0 Å². The topological polar surface area (TPSA) is 18.5 Å². The molecule has 0 fully saturated rings. The van der Waals surface area contributed by atoms with Gasteiger partial charge in [0.15, 0.2) is 0 Å². The third-order valence-corrected chi connectivity index (χ3v) is 8.30. The predicted molar refractivity (Wildman–Crippen MR) is 85.6 cm³/mol. The second-order valence-corrected chi connectivity index (χ2v) is 16.3. The van der Waals surface area contributed by atoms with Gasteiger partial charge in [0.05, 0.1) is 6.26 Å². The molecule has 0 unspecified atom stereocenters. The molecular weight excluding hydrogens is 256 g/mol. The molecule has 0 radical (unpaired) electrons. The minimum Gasteiger partial charge on any atom is -0.549 e. The lowest BCUT2D eigenvalue weighted by Gasteiger charge is -2.35. The van der Waals surface area contributed by atoms with E-state index in [-0.39, 0.29) is 5.04 Å². The average Bonchev–Trinajstić information content (AvgIpc) is 2.12. The number of rotatable bonds is 5. The summed E-state index contributed by atoms with van der Waals surface area (Å²) < 4.78 is 11.9. The Morgan fingerprint density at radius 3 is 1.83 bits per heavy atom. The monoisotopic (exact) mass is 286 g/mol. The molecule has 0 aliphatic rings. The lowest BCUT2D eigenvalue weighted by molar-refractivity contribution is 0.413. The van der Waals surface area contributed by atoms with Gasteiger partial charge in [-0.25, -0.2) is 0 Å². The van der Waals surface area contributed by atoms with Crippen LogP contribution in [0, 0.1) is 0 Å². The first-order valence-corrected chi connectivity index (χ1v) is 12.9. The van der Waals surface area contributed by atoms with Crippen molar-refractivity contribution in [1.82, 2.24) is 0 Å². The number of allylic oxidation sites excluding steroid dienone is 2. The first kappa shape index (κ1) is 17.5. The second-order valence-electron chi connectivity index (χ2n) is 7.09. The highest BCUT2D eigenvalue weighted by atomic mass is 28.4. The third-order valence-electron chi connectivity index (χ3n) is 3.11. The van der Waals surface area contributed by atoms with Crippen molar-refractivity contribution in [3.8, 4) is 0 Å². The van der Waals surface area contributed by atoms with E-state index in [0.29, 0.717) is 0 Å². The van der Waals surface area contributed by atoms with E-state index < -0.39 is 16.6 Å². The van der Waals surface area contributed by atoms with Crippen LogP contribution >= 0.6 is 0 Å². The molecule has 4 heteroatoms. The molecule has 0 aromatic heterocycles. The molecule has 2 nitrogen and oxygen atoms in total. The van der Waals surface area contributed by atoms with Crippen molar-refractivity contribution in [2.45, 2.75) is 65.5 Å². The smallest absolute Gasteiger partial charge is 0.249 e. The van der Waals surface area contributed by atoms with Crippen molar-refractivity contribution in [1.29, 1.82) is 0 Å². The highest BCUT2D eigenvalue weighted by Gasteiger charge is 2.37. The summed E-state index contributed by atoms with van der Waals surface area (Å²) in [5.74, 6) is 0.910. The second kappa shape index (κ2) is 6.11. The minimum atomic E-state index is -1.70. The van der Waals surface area contributed by atoms with Crippen molar-refractivity contribution < 1.29 is 8.85 Å². The van der Waals surface area contributed by atoms with Gasteiger partial charge in [-0.1, -0.05) is 20.8 Å². The Morgan fingerprint density at radius 2 is 1.50 bits per heavy atom. The molecule has 0 saturated carbocycles. The van der Waals surface area contributed by atoms with E-state index >= 15 is 0 Å². The summed E-state index contributed by atoms with van der Waals surface area (Å²) in [5.41, 5.74) is 0.